The number of nitrogens with zero attached hydrogens (tertiary/aromatic N) is 4. The lowest BCUT2D eigenvalue weighted by Crippen LogP contribution is -2.17. The number of aromatic nitrogens is 4. The van der Waals surface area contributed by atoms with E-state index in [0.717, 1.165) is 5.52 Å². The fourth-order valence-electron chi connectivity index (χ4n) is 2.87. The van der Waals surface area contributed by atoms with Crippen molar-refractivity contribution in [2.75, 3.05) is 5.32 Å². The fourth-order valence-corrected chi connectivity index (χ4v) is 4.07. The molecule has 9 heteroatoms. The zero-order valence-corrected chi connectivity index (χ0v) is 15.8. The van der Waals surface area contributed by atoms with E-state index in [9.17, 15) is 9.59 Å². The summed E-state index contributed by atoms with van der Waals surface area (Å²) >= 11 is 7.20. The van der Waals surface area contributed by atoms with Gasteiger partial charge in [0.1, 0.15) is 4.83 Å². The maximum absolute atomic E-state index is 12.8. The number of hydrogen-bond acceptors (Lipinski definition) is 5. The number of benzene rings is 1. The van der Waals surface area contributed by atoms with Crippen LogP contribution in [0.1, 0.15) is 15.2 Å². The van der Waals surface area contributed by atoms with Crippen LogP contribution in [-0.2, 0) is 14.1 Å². The lowest BCUT2D eigenvalue weighted by Gasteiger charge is -2.04. The van der Waals surface area contributed by atoms with E-state index >= 15 is 0 Å². The molecule has 0 spiro atoms. The average molecular weight is 388 g/mol. The van der Waals surface area contributed by atoms with Crippen LogP contribution in [0.25, 0.3) is 21.3 Å². The number of rotatable bonds is 2. The molecule has 0 saturated carbocycles. The molecule has 1 aromatic carbocycles. The van der Waals surface area contributed by atoms with Gasteiger partial charge in [0.25, 0.3) is 11.5 Å². The van der Waals surface area contributed by atoms with Gasteiger partial charge in [-0.2, -0.15) is 0 Å². The molecule has 26 heavy (non-hydrogen) atoms. The van der Waals surface area contributed by atoms with Gasteiger partial charge in [0.2, 0.25) is 5.95 Å². The molecule has 0 unspecified atom stereocenters. The topological polar surface area (TPSA) is 81.8 Å². The number of carbonyl (C=O) groups excluding carboxylic acids is 1. The average Bonchev–Trinajstić information content (AvgIpc) is 3.09. The van der Waals surface area contributed by atoms with Gasteiger partial charge in [0, 0.05) is 19.1 Å². The lowest BCUT2D eigenvalue weighted by atomic mass is 10.2. The molecule has 0 aliphatic carbocycles. The van der Waals surface area contributed by atoms with E-state index in [0.29, 0.717) is 37.1 Å². The minimum atomic E-state index is -0.322. The molecule has 7 nitrogen and oxygen atoms in total. The van der Waals surface area contributed by atoms with Gasteiger partial charge in [-0.25, -0.2) is 9.97 Å². The predicted octanol–water partition coefficient (Wildman–Crippen LogP) is 3.10. The predicted molar refractivity (Wildman–Crippen MR) is 103 cm³/mol. The lowest BCUT2D eigenvalue weighted by molar-refractivity contribution is 0.102. The molecule has 0 radical (unpaired) electrons. The molecule has 3 aromatic heterocycles. The van der Waals surface area contributed by atoms with Gasteiger partial charge < -0.3 is 9.13 Å². The van der Waals surface area contributed by atoms with Crippen LogP contribution in [0.3, 0.4) is 0 Å². The molecular weight excluding hydrogens is 374 g/mol. The standard InChI is InChI=1S/C17H14ClN5O2S/c1-8-12-15(19-7-22(2)16(12)25)26-13(8)14(24)21-17-20-10-6-9(18)4-5-11(10)23(17)3/h4-7H,1-3H3,(H,20,21,24). The Kier molecular flexibility index (Phi) is 3.82. The molecule has 0 atom stereocenters. The van der Waals surface area contributed by atoms with Gasteiger partial charge in [-0.05, 0) is 30.7 Å². The summed E-state index contributed by atoms with van der Waals surface area (Å²) in [5.74, 6) is 0.0852. The Hall–Kier alpha value is -2.71. The van der Waals surface area contributed by atoms with E-state index in [2.05, 4.69) is 15.3 Å². The first-order valence-electron chi connectivity index (χ1n) is 7.75. The largest absolute Gasteiger partial charge is 0.313 e. The van der Waals surface area contributed by atoms with E-state index in [1.807, 2.05) is 13.1 Å². The Morgan fingerprint density at radius 3 is 2.85 bits per heavy atom. The van der Waals surface area contributed by atoms with Crippen LogP contribution >= 0.6 is 22.9 Å². The van der Waals surface area contributed by atoms with Crippen molar-refractivity contribution in [1.82, 2.24) is 19.1 Å². The van der Waals surface area contributed by atoms with Crippen molar-refractivity contribution in [3.8, 4) is 0 Å². The molecule has 0 saturated heterocycles. The minimum Gasteiger partial charge on any atom is -0.313 e. The number of fused-ring (bicyclic) bond motifs is 2. The smallest absolute Gasteiger partial charge is 0.268 e. The molecule has 0 aliphatic heterocycles. The summed E-state index contributed by atoms with van der Waals surface area (Å²) in [6.45, 7) is 1.76. The summed E-state index contributed by atoms with van der Waals surface area (Å²) < 4.78 is 3.18. The molecule has 0 fully saturated rings. The molecular formula is C17H14ClN5O2S. The minimum absolute atomic E-state index is 0.167. The second-order valence-electron chi connectivity index (χ2n) is 5.98. The third kappa shape index (κ3) is 2.49. The second-order valence-corrected chi connectivity index (χ2v) is 7.41. The quantitative estimate of drug-likeness (QED) is 0.573. The van der Waals surface area contributed by atoms with Crippen LogP contribution in [0, 0.1) is 6.92 Å². The molecule has 4 rings (SSSR count). The van der Waals surface area contributed by atoms with E-state index in [-0.39, 0.29) is 11.5 Å². The number of nitrogens with one attached hydrogen (secondary N) is 1. The molecule has 132 valence electrons. The number of anilines is 1. The van der Waals surface area contributed by atoms with E-state index in [1.54, 1.807) is 30.7 Å². The SMILES string of the molecule is Cc1c(C(=O)Nc2nc3cc(Cl)ccc3n2C)sc2ncn(C)c(=O)c12. The van der Waals surface area contributed by atoms with Gasteiger partial charge in [0.05, 0.1) is 27.6 Å². The van der Waals surface area contributed by atoms with E-state index < -0.39 is 0 Å². The number of aryl methyl sites for hydroxylation is 3. The van der Waals surface area contributed by atoms with Crippen LogP contribution in [0.2, 0.25) is 5.02 Å². The normalized spacial score (nSPS) is 11.4. The molecule has 4 aromatic rings. The first kappa shape index (κ1) is 16.7. The van der Waals surface area contributed by atoms with Crippen LogP contribution in [0.5, 0.6) is 0 Å². The maximum atomic E-state index is 12.8. The molecule has 0 aliphatic rings. The zero-order chi connectivity index (χ0) is 18.6. The third-order valence-corrected chi connectivity index (χ3v) is 5.72. The number of thiophene rings is 1. The van der Waals surface area contributed by atoms with Crippen molar-refractivity contribution in [2.45, 2.75) is 6.92 Å². The third-order valence-electron chi connectivity index (χ3n) is 4.29. The number of imidazole rings is 1. The Balaban J connectivity index is 1.77. The van der Waals surface area contributed by atoms with Gasteiger partial charge in [-0.1, -0.05) is 11.6 Å². The second kappa shape index (κ2) is 5.93. The van der Waals surface area contributed by atoms with Gasteiger partial charge in [-0.15, -0.1) is 11.3 Å². The summed E-state index contributed by atoms with van der Waals surface area (Å²) in [5.41, 5.74) is 2.00. The van der Waals surface area contributed by atoms with E-state index in [4.69, 9.17) is 11.6 Å². The number of hydrogen-bond donors (Lipinski definition) is 1. The Labute approximate surface area is 156 Å². The van der Waals surface area contributed by atoms with Gasteiger partial charge in [-0.3, -0.25) is 14.9 Å². The summed E-state index contributed by atoms with van der Waals surface area (Å²) in [4.78, 5) is 34.8. The molecule has 1 amide bonds. The fraction of sp³-hybridized carbons (Fsp3) is 0.176. The number of halogens is 1. The summed E-state index contributed by atoms with van der Waals surface area (Å²) in [5, 5.41) is 3.87. The van der Waals surface area contributed by atoms with Crippen molar-refractivity contribution in [1.29, 1.82) is 0 Å². The van der Waals surface area contributed by atoms with Crippen molar-refractivity contribution >= 4 is 56.0 Å². The maximum Gasteiger partial charge on any atom is 0.268 e. The molecule has 1 N–H and O–H groups in total. The Morgan fingerprint density at radius 1 is 1.31 bits per heavy atom. The van der Waals surface area contributed by atoms with Crippen molar-refractivity contribution in [3.05, 3.63) is 50.3 Å². The number of carbonyl (C=O) groups is 1. The van der Waals surface area contributed by atoms with Crippen molar-refractivity contribution < 1.29 is 4.79 Å². The summed E-state index contributed by atoms with van der Waals surface area (Å²) in [6.07, 6.45) is 1.46. The zero-order valence-electron chi connectivity index (χ0n) is 14.2. The summed E-state index contributed by atoms with van der Waals surface area (Å²) in [7, 11) is 3.45. The van der Waals surface area contributed by atoms with Crippen LogP contribution < -0.4 is 10.9 Å². The highest BCUT2D eigenvalue weighted by atomic mass is 35.5. The van der Waals surface area contributed by atoms with Crippen molar-refractivity contribution in [3.63, 3.8) is 0 Å². The van der Waals surface area contributed by atoms with Crippen LogP contribution in [-0.4, -0.2) is 25.0 Å². The Morgan fingerprint density at radius 2 is 2.08 bits per heavy atom. The first-order chi connectivity index (χ1) is 12.4. The highest BCUT2D eigenvalue weighted by molar-refractivity contribution is 7.20. The first-order valence-corrected chi connectivity index (χ1v) is 8.94. The molecule has 0 bridgehead atoms. The van der Waals surface area contributed by atoms with E-state index in [1.165, 1.54) is 22.2 Å². The highest BCUT2D eigenvalue weighted by Gasteiger charge is 2.20. The molecule has 3 heterocycles. The highest BCUT2D eigenvalue weighted by Crippen LogP contribution is 2.28. The Bertz CT molecular complexity index is 1250. The monoisotopic (exact) mass is 387 g/mol. The summed E-state index contributed by atoms with van der Waals surface area (Å²) in [6, 6.07) is 5.36. The van der Waals surface area contributed by atoms with Gasteiger partial charge in [0.15, 0.2) is 0 Å². The van der Waals surface area contributed by atoms with Crippen LogP contribution in [0.4, 0.5) is 5.95 Å². The van der Waals surface area contributed by atoms with Gasteiger partial charge >= 0.3 is 0 Å². The number of amides is 1. The van der Waals surface area contributed by atoms with Crippen molar-refractivity contribution in [2.24, 2.45) is 14.1 Å². The van der Waals surface area contributed by atoms with Crippen LogP contribution in [0.15, 0.2) is 29.3 Å².